The maximum atomic E-state index is 12.3. The monoisotopic (exact) mass is 366 g/mol. The summed E-state index contributed by atoms with van der Waals surface area (Å²) in [5, 5.41) is 4.96. The lowest BCUT2D eigenvalue weighted by Crippen LogP contribution is -2.15. The molecular weight excluding hydrogens is 348 g/mol. The third-order valence-electron chi connectivity index (χ3n) is 4.91. The second-order valence-electron chi connectivity index (χ2n) is 6.81. The molecule has 5 rings (SSSR count). The minimum atomic E-state index is -0.0587. The minimum absolute atomic E-state index is 0.0587. The molecule has 0 saturated carbocycles. The zero-order valence-corrected chi connectivity index (χ0v) is 15.1. The van der Waals surface area contributed by atoms with E-state index in [2.05, 4.69) is 33.9 Å². The first-order valence-corrected chi connectivity index (χ1v) is 9.13. The van der Waals surface area contributed by atoms with Crippen LogP contribution in [-0.2, 0) is 11.3 Å². The highest BCUT2D eigenvalue weighted by Crippen LogP contribution is 2.34. The van der Waals surface area contributed by atoms with Crippen molar-refractivity contribution in [3.05, 3.63) is 95.4 Å². The molecule has 0 bridgehead atoms. The van der Waals surface area contributed by atoms with E-state index in [-0.39, 0.29) is 5.91 Å². The van der Waals surface area contributed by atoms with Gasteiger partial charge < -0.3 is 5.32 Å². The number of benzene rings is 2. The summed E-state index contributed by atoms with van der Waals surface area (Å²) in [7, 11) is 0. The summed E-state index contributed by atoms with van der Waals surface area (Å²) in [4.78, 5) is 16.4. The summed E-state index contributed by atoms with van der Waals surface area (Å²) in [6.45, 7) is 0.789. The predicted octanol–water partition coefficient (Wildman–Crippen LogP) is 4.39. The molecule has 3 heterocycles. The molecule has 0 unspecified atom stereocenters. The normalized spacial score (nSPS) is 16.2. The van der Waals surface area contributed by atoms with Crippen LogP contribution < -0.4 is 10.7 Å². The molecule has 1 amide bonds. The highest BCUT2D eigenvalue weighted by molar-refractivity contribution is 6.34. The molecule has 0 radical (unpaired) electrons. The molecule has 0 atom stereocenters. The SMILES string of the molecule is O=C1Nc2ccccc2C1=Cc1ccc2c(c1)NN(C=Cc1ccncc1)C2. The Hall–Kier alpha value is -3.86. The number of carbonyl (C=O) groups is 1. The summed E-state index contributed by atoms with van der Waals surface area (Å²) >= 11 is 0. The first-order valence-electron chi connectivity index (χ1n) is 9.13. The number of hydrogen-bond donors (Lipinski definition) is 2. The summed E-state index contributed by atoms with van der Waals surface area (Å²) in [6.07, 6.45) is 9.57. The number of nitrogens with zero attached hydrogens (tertiary/aromatic N) is 2. The van der Waals surface area contributed by atoms with Crippen molar-refractivity contribution in [2.75, 3.05) is 10.7 Å². The van der Waals surface area contributed by atoms with Gasteiger partial charge in [-0.3, -0.25) is 20.2 Å². The van der Waals surface area contributed by atoms with Gasteiger partial charge in [0.2, 0.25) is 0 Å². The summed E-state index contributed by atoms with van der Waals surface area (Å²) in [5.41, 5.74) is 10.3. The van der Waals surface area contributed by atoms with E-state index in [1.165, 1.54) is 5.56 Å². The van der Waals surface area contributed by atoms with Gasteiger partial charge in [0, 0.05) is 35.4 Å². The van der Waals surface area contributed by atoms with Crippen molar-refractivity contribution in [2.45, 2.75) is 6.54 Å². The largest absolute Gasteiger partial charge is 0.321 e. The number of nitrogens with one attached hydrogen (secondary N) is 2. The molecule has 2 aliphatic heterocycles. The van der Waals surface area contributed by atoms with Gasteiger partial charge in [-0.1, -0.05) is 30.3 Å². The van der Waals surface area contributed by atoms with Crippen molar-refractivity contribution in [3.63, 3.8) is 0 Å². The standard InChI is InChI=1S/C23H18N4O/c28-23-20(19-3-1-2-4-21(19)25-23)13-17-5-6-18-15-27(26-22(18)14-17)12-9-16-7-10-24-11-8-16/h1-14,26H,15H2,(H,25,28). The fourth-order valence-electron chi connectivity index (χ4n) is 3.49. The van der Waals surface area contributed by atoms with Crippen LogP contribution in [0, 0.1) is 0 Å². The molecule has 5 nitrogen and oxygen atoms in total. The van der Waals surface area contributed by atoms with Gasteiger partial charge in [0.05, 0.1) is 12.2 Å². The van der Waals surface area contributed by atoms with Gasteiger partial charge in [0.1, 0.15) is 0 Å². The van der Waals surface area contributed by atoms with Crippen LogP contribution in [0.25, 0.3) is 17.7 Å². The summed E-state index contributed by atoms with van der Waals surface area (Å²) < 4.78 is 0. The molecule has 136 valence electrons. The quantitative estimate of drug-likeness (QED) is 0.675. The Morgan fingerprint density at radius 3 is 2.71 bits per heavy atom. The lowest BCUT2D eigenvalue weighted by Gasteiger charge is -2.12. The number of amides is 1. The first-order chi connectivity index (χ1) is 13.8. The van der Waals surface area contributed by atoms with Gasteiger partial charge in [-0.2, -0.15) is 0 Å². The fourth-order valence-corrected chi connectivity index (χ4v) is 3.49. The molecule has 2 N–H and O–H groups in total. The molecule has 0 saturated heterocycles. The summed E-state index contributed by atoms with van der Waals surface area (Å²) in [6, 6.07) is 17.9. The average Bonchev–Trinajstić information content (AvgIpc) is 3.27. The highest BCUT2D eigenvalue weighted by atomic mass is 16.2. The van der Waals surface area contributed by atoms with Crippen molar-refractivity contribution < 1.29 is 4.79 Å². The Morgan fingerprint density at radius 1 is 0.964 bits per heavy atom. The van der Waals surface area contributed by atoms with Gasteiger partial charge >= 0.3 is 0 Å². The Labute approximate surface area is 163 Å². The minimum Gasteiger partial charge on any atom is -0.321 e. The van der Waals surface area contributed by atoms with Crippen molar-refractivity contribution in [1.29, 1.82) is 0 Å². The van der Waals surface area contributed by atoms with Crippen LogP contribution in [0.5, 0.6) is 0 Å². The number of pyridine rings is 1. The van der Waals surface area contributed by atoms with Crippen molar-refractivity contribution in [3.8, 4) is 0 Å². The molecule has 0 aliphatic carbocycles. The van der Waals surface area contributed by atoms with Crippen molar-refractivity contribution in [2.24, 2.45) is 0 Å². The third-order valence-corrected chi connectivity index (χ3v) is 4.91. The molecule has 5 heteroatoms. The Bertz CT molecular complexity index is 1120. The molecule has 2 aromatic carbocycles. The van der Waals surface area contributed by atoms with E-state index in [1.54, 1.807) is 12.4 Å². The van der Waals surface area contributed by atoms with Crippen molar-refractivity contribution >= 4 is 35.0 Å². The van der Waals surface area contributed by atoms with Crippen LogP contribution in [0.15, 0.2) is 73.2 Å². The van der Waals surface area contributed by atoms with E-state index in [0.29, 0.717) is 5.57 Å². The lowest BCUT2D eigenvalue weighted by molar-refractivity contribution is -0.110. The van der Waals surface area contributed by atoms with E-state index in [0.717, 1.165) is 34.6 Å². The number of aromatic nitrogens is 1. The molecule has 2 aliphatic rings. The predicted molar refractivity (Wildman–Crippen MR) is 112 cm³/mol. The number of hydrogen-bond acceptors (Lipinski definition) is 4. The van der Waals surface area contributed by atoms with Gasteiger partial charge in [-0.05, 0) is 53.1 Å². The number of rotatable bonds is 3. The Morgan fingerprint density at radius 2 is 1.82 bits per heavy atom. The van der Waals surface area contributed by atoms with Gasteiger partial charge in [-0.15, -0.1) is 0 Å². The number of fused-ring (bicyclic) bond motifs is 2. The number of hydrazine groups is 1. The molecule has 3 aromatic rings. The Kier molecular flexibility index (Phi) is 3.91. The Balaban J connectivity index is 1.38. The van der Waals surface area contributed by atoms with Gasteiger partial charge in [0.25, 0.3) is 5.91 Å². The molecule has 0 spiro atoms. The molecular formula is C23H18N4O. The van der Waals surface area contributed by atoms with E-state index in [1.807, 2.05) is 59.8 Å². The third kappa shape index (κ3) is 3.03. The molecule has 28 heavy (non-hydrogen) atoms. The average molecular weight is 366 g/mol. The lowest BCUT2D eigenvalue weighted by atomic mass is 10.0. The van der Waals surface area contributed by atoms with Crippen LogP contribution >= 0.6 is 0 Å². The van der Waals surface area contributed by atoms with E-state index < -0.39 is 0 Å². The molecule has 1 aromatic heterocycles. The van der Waals surface area contributed by atoms with E-state index in [9.17, 15) is 4.79 Å². The maximum absolute atomic E-state index is 12.3. The van der Waals surface area contributed by atoms with E-state index in [4.69, 9.17) is 0 Å². The summed E-state index contributed by atoms with van der Waals surface area (Å²) in [5.74, 6) is -0.0587. The highest BCUT2D eigenvalue weighted by Gasteiger charge is 2.23. The van der Waals surface area contributed by atoms with E-state index >= 15 is 0 Å². The zero-order chi connectivity index (χ0) is 18.9. The second kappa shape index (κ2) is 6.70. The van der Waals surface area contributed by atoms with Gasteiger partial charge in [0.15, 0.2) is 0 Å². The maximum Gasteiger partial charge on any atom is 0.256 e. The number of anilines is 2. The van der Waals surface area contributed by atoms with Crippen LogP contribution in [0.3, 0.4) is 0 Å². The van der Waals surface area contributed by atoms with Crippen LogP contribution in [-0.4, -0.2) is 15.9 Å². The van der Waals surface area contributed by atoms with Crippen LogP contribution in [0.4, 0.5) is 11.4 Å². The number of carbonyl (C=O) groups excluding carboxylic acids is 1. The second-order valence-corrected chi connectivity index (χ2v) is 6.81. The van der Waals surface area contributed by atoms with Crippen molar-refractivity contribution in [1.82, 2.24) is 9.99 Å². The first kappa shape index (κ1) is 16.3. The smallest absolute Gasteiger partial charge is 0.256 e. The fraction of sp³-hybridized carbons (Fsp3) is 0.0435. The molecule has 0 fully saturated rings. The topological polar surface area (TPSA) is 57.3 Å². The number of para-hydroxylation sites is 1. The van der Waals surface area contributed by atoms with Crippen LogP contribution in [0.1, 0.15) is 22.3 Å². The zero-order valence-electron chi connectivity index (χ0n) is 15.1. The van der Waals surface area contributed by atoms with Gasteiger partial charge in [-0.25, -0.2) is 0 Å². The van der Waals surface area contributed by atoms with Crippen LogP contribution in [0.2, 0.25) is 0 Å².